The van der Waals surface area contributed by atoms with Gasteiger partial charge in [0, 0.05) is 13.5 Å². The summed E-state index contributed by atoms with van der Waals surface area (Å²) >= 11 is 9.82. The van der Waals surface area contributed by atoms with Gasteiger partial charge in [-0.1, -0.05) is 11.6 Å². The average molecular weight is 430 g/mol. The van der Waals surface area contributed by atoms with Gasteiger partial charge in [-0.05, 0) is 26.9 Å². The van der Waals surface area contributed by atoms with Crippen LogP contribution >= 0.6 is 38.9 Å². The Morgan fingerprint density at radius 2 is 2.27 bits per heavy atom. The van der Waals surface area contributed by atoms with Crippen LogP contribution in [0.25, 0.3) is 0 Å². The molecule has 0 saturated carbocycles. The van der Waals surface area contributed by atoms with E-state index in [-0.39, 0.29) is 23.1 Å². The molecule has 0 aliphatic rings. The summed E-state index contributed by atoms with van der Waals surface area (Å²) in [5.74, 6) is 0.253. The highest BCUT2D eigenvalue weighted by Gasteiger charge is 2.22. The van der Waals surface area contributed by atoms with Crippen LogP contribution in [0.5, 0.6) is 0 Å². The number of sulfonamides is 1. The van der Waals surface area contributed by atoms with E-state index in [1.54, 1.807) is 6.92 Å². The van der Waals surface area contributed by atoms with Gasteiger partial charge in [0.25, 0.3) is 10.0 Å². The minimum absolute atomic E-state index is 0.0116. The molecule has 0 bridgehead atoms. The van der Waals surface area contributed by atoms with Gasteiger partial charge in [0.15, 0.2) is 10.0 Å². The topological polar surface area (TPSA) is 107 Å². The van der Waals surface area contributed by atoms with Crippen molar-refractivity contribution in [2.75, 3.05) is 6.54 Å². The molecule has 0 fully saturated rings. The third kappa shape index (κ3) is 3.66. The predicted octanol–water partition coefficient (Wildman–Crippen LogP) is 2.56. The summed E-state index contributed by atoms with van der Waals surface area (Å²) in [6.07, 6.45) is 1.14. The number of halogens is 2. The van der Waals surface area contributed by atoms with Crippen LogP contribution in [-0.4, -0.2) is 29.4 Å². The number of hydrogen-bond donors (Lipinski definition) is 1. The number of hydrogen-bond acceptors (Lipinski definition) is 6. The van der Waals surface area contributed by atoms with Crippen molar-refractivity contribution in [3.05, 3.63) is 37.0 Å². The second-order valence-electron chi connectivity index (χ2n) is 4.16. The maximum absolute atomic E-state index is 12.2. The van der Waals surface area contributed by atoms with E-state index in [1.165, 1.54) is 10.6 Å². The number of aromatic nitrogens is 2. The van der Waals surface area contributed by atoms with Crippen molar-refractivity contribution in [2.24, 2.45) is 0 Å². The lowest BCUT2D eigenvalue weighted by molar-refractivity contribution is -0.392. The van der Waals surface area contributed by atoms with Gasteiger partial charge < -0.3 is 10.1 Å². The van der Waals surface area contributed by atoms with Gasteiger partial charge in [-0.15, -0.1) is 11.3 Å². The van der Waals surface area contributed by atoms with Gasteiger partial charge >= 0.3 is 5.82 Å². The van der Waals surface area contributed by atoms with Crippen LogP contribution in [0.2, 0.25) is 4.34 Å². The first kappa shape index (κ1) is 17.3. The van der Waals surface area contributed by atoms with Gasteiger partial charge in [0.2, 0.25) is 0 Å². The molecule has 0 aliphatic heterocycles. The first-order chi connectivity index (χ1) is 10.2. The van der Waals surface area contributed by atoms with Crippen molar-refractivity contribution in [1.82, 2.24) is 14.3 Å². The van der Waals surface area contributed by atoms with Crippen molar-refractivity contribution < 1.29 is 13.3 Å². The SMILES string of the molecule is Cc1ncc([N+](=O)[O-])n1CCNS(=O)(=O)c1sc(Cl)cc1Br. The number of thiophene rings is 1. The fourth-order valence-electron chi connectivity index (χ4n) is 1.74. The highest BCUT2D eigenvalue weighted by molar-refractivity contribution is 9.10. The zero-order chi connectivity index (χ0) is 16.5. The molecular weight excluding hydrogens is 420 g/mol. The number of nitrogens with zero attached hydrogens (tertiary/aromatic N) is 3. The van der Waals surface area contributed by atoms with Crippen LogP contribution in [-0.2, 0) is 16.6 Å². The summed E-state index contributed by atoms with van der Waals surface area (Å²) in [5, 5.41) is 10.9. The fraction of sp³-hybridized carbons (Fsp3) is 0.300. The van der Waals surface area contributed by atoms with Crippen LogP contribution < -0.4 is 4.72 Å². The van der Waals surface area contributed by atoms with Crippen molar-refractivity contribution in [2.45, 2.75) is 17.7 Å². The first-order valence-corrected chi connectivity index (χ1v) is 9.30. The summed E-state index contributed by atoms with van der Waals surface area (Å²) in [6.45, 7) is 1.69. The largest absolute Gasteiger partial charge is 0.358 e. The van der Waals surface area contributed by atoms with Crippen LogP contribution in [0, 0.1) is 17.0 Å². The quantitative estimate of drug-likeness (QED) is 0.561. The first-order valence-electron chi connectivity index (χ1n) is 5.83. The molecule has 0 radical (unpaired) electrons. The zero-order valence-electron chi connectivity index (χ0n) is 11.1. The molecule has 2 heterocycles. The van der Waals surface area contributed by atoms with Crippen molar-refractivity contribution in [1.29, 1.82) is 0 Å². The lowest BCUT2D eigenvalue weighted by Gasteiger charge is -2.06. The number of nitro groups is 1. The lowest BCUT2D eigenvalue weighted by Crippen LogP contribution is -2.27. The van der Waals surface area contributed by atoms with Crippen molar-refractivity contribution in [3.63, 3.8) is 0 Å². The Labute approximate surface area is 143 Å². The van der Waals surface area contributed by atoms with Gasteiger partial charge in [-0.25, -0.2) is 22.7 Å². The molecule has 0 spiro atoms. The summed E-state index contributed by atoms with van der Waals surface area (Å²) in [7, 11) is -3.74. The van der Waals surface area contributed by atoms with Crippen LogP contribution in [0.1, 0.15) is 5.82 Å². The molecule has 2 aromatic rings. The van der Waals surface area contributed by atoms with E-state index >= 15 is 0 Å². The number of nitrogens with one attached hydrogen (secondary N) is 1. The van der Waals surface area contributed by atoms with Crippen LogP contribution in [0.4, 0.5) is 5.82 Å². The summed E-state index contributed by atoms with van der Waals surface area (Å²) in [4.78, 5) is 14.1. The molecule has 0 saturated heterocycles. The number of rotatable bonds is 6. The molecule has 0 amide bonds. The summed E-state index contributed by atoms with van der Waals surface area (Å²) in [5.41, 5.74) is 0. The molecule has 0 atom stereocenters. The Balaban J connectivity index is 2.10. The smallest absolute Gasteiger partial charge is 0.342 e. The molecule has 0 unspecified atom stereocenters. The third-order valence-electron chi connectivity index (χ3n) is 2.72. The molecule has 22 heavy (non-hydrogen) atoms. The highest BCUT2D eigenvalue weighted by Crippen LogP contribution is 2.34. The highest BCUT2D eigenvalue weighted by atomic mass is 79.9. The second-order valence-corrected chi connectivity index (χ2v) is 8.66. The minimum Gasteiger partial charge on any atom is -0.358 e. The Hall–Kier alpha value is -1.01. The summed E-state index contributed by atoms with van der Waals surface area (Å²) in [6, 6.07) is 1.49. The van der Waals surface area contributed by atoms with Crippen molar-refractivity contribution in [3.8, 4) is 0 Å². The van der Waals surface area contributed by atoms with E-state index in [0.717, 1.165) is 17.5 Å². The monoisotopic (exact) mass is 428 g/mol. The molecule has 2 rings (SSSR count). The van der Waals surface area contributed by atoms with Gasteiger partial charge in [0.1, 0.15) is 12.7 Å². The van der Waals surface area contributed by atoms with E-state index in [9.17, 15) is 18.5 Å². The summed E-state index contributed by atoms with van der Waals surface area (Å²) < 4.78 is 28.8. The normalized spacial score (nSPS) is 11.8. The maximum Gasteiger partial charge on any atom is 0.342 e. The fourth-order valence-corrected chi connectivity index (χ4v) is 5.82. The van der Waals surface area contributed by atoms with E-state index in [1.807, 2.05) is 0 Å². The van der Waals surface area contributed by atoms with Gasteiger partial charge in [-0.2, -0.15) is 0 Å². The lowest BCUT2D eigenvalue weighted by atomic mass is 10.5. The average Bonchev–Trinajstić information content (AvgIpc) is 2.93. The van der Waals surface area contributed by atoms with Crippen molar-refractivity contribution >= 4 is 54.7 Å². The molecule has 0 aromatic carbocycles. The number of aryl methyl sites for hydroxylation is 1. The van der Waals surface area contributed by atoms with Crippen LogP contribution in [0.3, 0.4) is 0 Å². The molecule has 1 N–H and O–H groups in total. The van der Waals surface area contributed by atoms with E-state index in [0.29, 0.717) is 14.6 Å². The molecule has 12 heteroatoms. The zero-order valence-corrected chi connectivity index (χ0v) is 15.1. The van der Waals surface area contributed by atoms with Crippen LogP contribution in [0.15, 0.2) is 20.9 Å². The molecular formula is C10H10BrClN4O4S2. The second kappa shape index (κ2) is 6.62. The Morgan fingerprint density at radius 1 is 1.59 bits per heavy atom. The standard InChI is InChI=1S/C10H10BrClN4O4S2/c1-6-13-5-9(16(17)18)15(6)3-2-14-22(19,20)10-7(11)4-8(12)21-10/h4-5,14H,2-3H2,1H3. The molecule has 2 aromatic heterocycles. The number of imidazole rings is 1. The van der Waals surface area contributed by atoms with Gasteiger partial charge in [-0.3, -0.25) is 0 Å². The molecule has 120 valence electrons. The third-order valence-corrected chi connectivity index (χ3v) is 7.13. The molecule has 0 aliphatic carbocycles. The van der Waals surface area contributed by atoms with E-state index in [2.05, 4.69) is 25.6 Å². The minimum atomic E-state index is -3.74. The van der Waals surface area contributed by atoms with E-state index in [4.69, 9.17) is 11.6 Å². The Morgan fingerprint density at radius 3 is 2.82 bits per heavy atom. The maximum atomic E-state index is 12.2. The van der Waals surface area contributed by atoms with Gasteiger partial charge in [0.05, 0.1) is 8.81 Å². The Bertz CT molecular complexity index is 817. The Kier molecular flexibility index (Phi) is 5.22. The predicted molar refractivity (Wildman–Crippen MR) is 85.8 cm³/mol. The molecule has 8 nitrogen and oxygen atoms in total. The van der Waals surface area contributed by atoms with E-state index < -0.39 is 14.9 Å².